The van der Waals surface area contributed by atoms with E-state index in [9.17, 15) is 0 Å². The Labute approximate surface area is 323 Å². The summed E-state index contributed by atoms with van der Waals surface area (Å²) in [5.41, 5.74) is 13.0. The normalized spacial score (nSPS) is 11.9. The third kappa shape index (κ3) is 7.18. The number of para-hydroxylation sites is 1. The molecule has 0 aliphatic rings. The van der Waals surface area contributed by atoms with Crippen molar-refractivity contribution in [1.29, 1.82) is 0 Å². The maximum Gasteiger partial charge on any atom is 0.124 e. The zero-order chi connectivity index (χ0) is 35.8. The second kappa shape index (κ2) is 15.3. The fourth-order valence-corrected chi connectivity index (χ4v) is 7.02. The number of furan rings is 2. The summed E-state index contributed by atoms with van der Waals surface area (Å²) in [4.78, 5) is 14.1. The van der Waals surface area contributed by atoms with Gasteiger partial charge >= 0.3 is 0 Å². The van der Waals surface area contributed by atoms with E-state index in [2.05, 4.69) is 87.3 Å². The molecule has 0 fully saturated rings. The number of hydrogen-bond acceptors (Lipinski definition) is 5. The van der Waals surface area contributed by atoms with Crippen LogP contribution in [0.15, 0.2) is 130 Å². The van der Waals surface area contributed by atoms with E-state index in [-0.39, 0.29) is 26.0 Å². The van der Waals surface area contributed by atoms with Crippen molar-refractivity contribution in [2.24, 2.45) is 5.92 Å². The number of benzene rings is 4. The summed E-state index contributed by atoms with van der Waals surface area (Å²) in [5.74, 6) is 0.747. The summed E-state index contributed by atoms with van der Waals surface area (Å²) in [7, 11) is 0. The van der Waals surface area contributed by atoms with Crippen molar-refractivity contribution < 1.29 is 28.9 Å². The van der Waals surface area contributed by atoms with Gasteiger partial charge < -0.3 is 18.8 Å². The Morgan fingerprint density at radius 2 is 1.49 bits per heavy atom. The Bertz CT molecular complexity index is 2680. The number of aryl methyl sites for hydroxylation is 2. The molecule has 4 aromatic carbocycles. The molecule has 53 heavy (non-hydrogen) atoms. The third-order valence-electron chi connectivity index (χ3n) is 9.63. The van der Waals surface area contributed by atoms with Gasteiger partial charge in [-0.1, -0.05) is 109 Å². The standard InChI is InChI=1S/C30H29N2O.C17H10NO.Ir/c1-18(2)13-24-16-26(31-17-19(24)3)23-11-12-27-25(15-23)29-28(33-27)14-20(4)32-30(29)21(5)22-9-7-6-8-10-22;1-2-10-16-12(6-1)13-7-5-8-14(17(13)19-16)15-9-3-4-11-18-15;/h6-10,12,14-18,21H,13H2,1-5H3;1-7,9-11H;/q2*-1;. The molecule has 0 aliphatic heterocycles. The van der Waals surface area contributed by atoms with E-state index in [0.717, 1.165) is 84.2 Å². The Hall–Kier alpha value is -5.42. The Morgan fingerprint density at radius 1 is 0.698 bits per heavy atom. The average molecular weight is 870 g/mol. The van der Waals surface area contributed by atoms with Crippen LogP contribution in [0.2, 0.25) is 0 Å². The van der Waals surface area contributed by atoms with Crippen molar-refractivity contribution in [3.8, 4) is 22.5 Å². The van der Waals surface area contributed by atoms with E-state index in [4.69, 9.17) is 18.8 Å². The van der Waals surface area contributed by atoms with Gasteiger partial charge in [0.1, 0.15) is 11.2 Å². The molecule has 5 aromatic heterocycles. The van der Waals surface area contributed by atoms with Gasteiger partial charge in [-0.25, -0.2) is 0 Å². The second-order valence-corrected chi connectivity index (χ2v) is 13.9. The van der Waals surface area contributed by atoms with Crippen LogP contribution in [0, 0.1) is 31.9 Å². The minimum absolute atomic E-state index is 0. The van der Waals surface area contributed by atoms with Crippen LogP contribution in [0.25, 0.3) is 66.4 Å². The number of rotatable bonds is 6. The topological polar surface area (TPSA) is 65.0 Å². The summed E-state index contributed by atoms with van der Waals surface area (Å²) < 4.78 is 12.2. The van der Waals surface area contributed by atoms with E-state index in [1.165, 1.54) is 16.7 Å². The molecule has 0 saturated heterocycles. The van der Waals surface area contributed by atoms with Gasteiger partial charge in [-0.05, 0) is 60.8 Å². The van der Waals surface area contributed by atoms with E-state index < -0.39 is 0 Å². The summed E-state index contributed by atoms with van der Waals surface area (Å²) in [6, 6.07) is 43.4. The smallest absolute Gasteiger partial charge is 0.124 e. The predicted octanol–water partition coefficient (Wildman–Crippen LogP) is 12.3. The molecule has 0 spiro atoms. The molecule has 1 radical (unpaired) electrons. The zero-order valence-corrected chi connectivity index (χ0v) is 32.8. The van der Waals surface area contributed by atoms with Gasteiger partial charge in [-0.3, -0.25) is 4.98 Å². The number of hydrogen-bond donors (Lipinski definition) is 0. The maximum absolute atomic E-state index is 6.25. The second-order valence-electron chi connectivity index (χ2n) is 13.9. The quantitative estimate of drug-likeness (QED) is 0.156. The first kappa shape index (κ1) is 36.0. The monoisotopic (exact) mass is 870 g/mol. The summed E-state index contributed by atoms with van der Waals surface area (Å²) in [6.45, 7) is 10.9. The van der Waals surface area contributed by atoms with Crippen molar-refractivity contribution in [2.45, 2.75) is 47.0 Å². The number of fused-ring (bicyclic) bond motifs is 6. The summed E-state index contributed by atoms with van der Waals surface area (Å²) in [5, 5.41) is 4.38. The van der Waals surface area contributed by atoms with Crippen molar-refractivity contribution in [2.75, 3.05) is 0 Å². The van der Waals surface area contributed by atoms with Crippen LogP contribution in [0.5, 0.6) is 0 Å². The number of aromatic nitrogens is 3. The molecule has 265 valence electrons. The van der Waals surface area contributed by atoms with Crippen LogP contribution in [0.3, 0.4) is 0 Å². The van der Waals surface area contributed by atoms with Crippen molar-refractivity contribution in [1.82, 2.24) is 15.0 Å². The minimum Gasteiger partial charge on any atom is -0.501 e. The fourth-order valence-electron chi connectivity index (χ4n) is 7.02. The Kier molecular flexibility index (Phi) is 10.4. The Morgan fingerprint density at radius 3 is 2.28 bits per heavy atom. The molecule has 1 unspecified atom stereocenters. The third-order valence-corrected chi connectivity index (χ3v) is 9.63. The van der Waals surface area contributed by atoms with Gasteiger partial charge in [0.25, 0.3) is 0 Å². The van der Waals surface area contributed by atoms with Crippen molar-refractivity contribution in [3.05, 3.63) is 162 Å². The van der Waals surface area contributed by atoms with Crippen LogP contribution in [0.4, 0.5) is 0 Å². The Balaban J connectivity index is 0.000000184. The maximum atomic E-state index is 6.25. The van der Waals surface area contributed by atoms with Gasteiger partial charge in [0, 0.05) is 60.9 Å². The number of pyridine rings is 3. The molecule has 5 nitrogen and oxygen atoms in total. The van der Waals surface area contributed by atoms with Gasteiger partial charge in [0.05, 0.1) is 16.9 Å². The van der Waals surface area contributed by atoms with Gasteiger partial charge in [0.15, 0.2) is 0 Å². The van der Waals surface area contributed by atoms with Crippen molar-refractivity contribution >= 4 is 43.9 Å². The molecule has 9 aromatic rings. The average Bonchev–Trinajstić information content (AvgIpc) is 3.74. The molecule has 0 N–H and O–H groups in total. The molecular weight excluding hydrogens is 831 g/mol. The van der Waals surface area contributed by atoms with Gasteiger partial charge in [0.2, 0.25) is 0 Å². The molecule has 9 rings (SSSR count). The van der Waals surface area contributed by atoms with E-state index in [1.54, 1.807) is 6.20 Å². The van der Waals surface area contributed by atoms with E-state index in [1.807, 2.05) is 79.9 Å². The van der Waals surface area contributed by atoms with Gasteiger partial charge in [-0.2, -0.15) is 0 Å². The first-order valence-electron chi connectivity index (χ1n) is 17.8. The molecule has 0 aliphatic carbocycles. The molecule has 0 saturated carbocycles. The predicted molar refractivity (Wildman–Crippen MR) is 211 cm³/mol. The van der Waals surface area contributed by atoms with Crippen LogP contribution >= 0.6 is 0 Å². The summed E-state index contributed by atoms with van der Waals surface area (Å²) >= 11 is 0. The molecule has 1 atom stereocenters. The fraction of sp³-hybridized carbons (Fsp3) is 0.170. The first-order valence-corrected chi connectivity index (χ1v) is 17.8. The number of nitrogens with zero attached hydrogens (tertiary/aromatic N) is 3. The van der Waals surface area contributed by atoms with E-state index >= 15 is 0 Å². The SMILES string of the molecule is Cc1cc2oc3c[c-]c(-c4cc(CC(C)C)c(C)cn4)cc3c2c(C(C)c2ccccc2)n1.[Ir].[c-]1ccc2c(oc3ccccc32)c1-c1ccccn1. The molecule has 5 heterocycles. The van der Waals surface area contributed by atoms with Crippen LogP contribution in [-0.4, -0.2) is 15.0 Å². The largest absolute Gasteiger partial charge is 0.501 e. The first-order chi connectivity index (χ1) is 25.3. The van der Waals surface area contributed by atoms with Crippen LogP contribution in [-0.2, 0) is 26.5 Å². The van der Waals surface area contributed by atoms with Crippen LogP contribution in [0.1, 0.15) is 54.8 Å². The zero-order valence-electron chi connectivity index (χ0n) is 30.4. The molecule has 6 heteroatoms. The van der Waals surface area contributed by atoms with Crippen molar-refractivity contribution in [3.63, 3.8) is 0 Å². The molecular formula is C47H39IrN3O2-2. The minimum atomic E-state index is 0. The van der Waals surface area contributed by atoms with E-state index in [0.29, 0.717) is 5.92 Å². The summed E-state index contributed by atoms with van der Waals surface area (Å²) in [6.07, 6.45) is 4.80. The molecule has 0 amide bonds. The van der Waals surface area contributed by atoms with Gasteiger partial charge in [-0.15, -0.1) is 42.0 Å². The van der Waals surface area contributed by atoms with Crippen LogP contribution < -0.4 is 0 Å². The molecule has 0 bridgehead atoms.